The van der Waals surface area contributed by atoms with Gasteiger partial charge in [0.2, 0.25) is 0 Å². The van der Waals surface area contributed by atoms with Gasteiger partial charge in [0.25, 0.3) is 0 Å². The summed E-state index contributed by atoms with van der Waals surface area (Å²) >= 11 is 0. The van der Waals surface area contributed by atoms with Crippen LogP contribution in [0.15, 0.2) is 0 Å². The van der Waals surface area contributed by atoms with Crippen molar-refractivity contribution in [2.45, 2.75) is 57.5 Å². The fraction of sp³-hybridized carbons (Fsp3) is 1.00. The van der Waals surface area contributed by atoms with Crippen molar-refractivity contribution in [1.29, 1.82) is 0 Å². The summed E-state index contributed by atoms with van der Waals surface area (Å²) in [6, 6.07) is 1.24. The van der Waals surface area contributed by atoms with Crippen LogP contribution in [0.1, 0.15) is 45.4 Å². The first-order valence-corrected chi connectivity index (χ1v) is 7.89. The van der Waals surface area contributed by atoms with Crippen molar-refractivity contribution >= 4 is 0 Å². The average molecular weight is 253 g/mol. The lowest BCUT2D eigenvalue weighted by Crippen LogP contribution is -2.54. The molecule has 2 N–H and O–H groups in total. The van der Waals surface area contributed by atoms with Crippen LogP contribution in [0.25, 0.3) is 0 Å². The lowest BCUT2D eigenvalue weighted by molar-refractivity contribution is 0.0361. The van der Waals surface area contributed by atoms with Crippen molar-refractivity contribution in [3.05, 3.63) is 0 Å². The molecule has 3 unspecified atom stereocenters. The predicted octanol–water partition coefficient (Wildman–Crippen LogP) is 1.92. The minimum atomic E-state index is 0.392. The molecule has 2 rings (SSSR count). The zero-order valence-corrected chi connectivity index (χ0v) is 12.3. The Morgan fingerprint density at radius 1 is 1.28 bits per heavy atom. The average Bonchev–Trinajstić information content (AvgIpc) is 2.36. The van der Waals surface area contributed by atoms with Gasteiger partial charge in [0.15, 0.2) is 0 Å². The van der Waals surface area contributed by atoms with Crippen molar-refractivity contribution in [3.63, 3.8) is 0 Å². The largest absolute Gasteiger partial charge is 0.327 e. The first kappa shape index (κ1) is 14.3. The maximum atomic E-state index is 6.23. The summed E-state index contributed by atoms with van der Waals surface area (Å²) in [5.41, 5.74) is 6.23. The Bertz CT molecular complexity index is 244. The number of nitrogens with zero attached hydrogens (tertiary/aromatic N) is 2. The molecule has 3 atom stereocenters. The first-order valence-electron chi connectivity index (χ1n) is 7.89. The molecule has 2 fully saturated rings. The fourth-order valence-electron chi connectivity index (χ4n) is 3.78. The number of likely N-dealkylation sites (tertiary alicyclic amines) is 2. The molecule has 2 aliphatic heterocycles. The number of fused-ring (bicyclic) bond motifs is 1. The smallest absolute Gasteiger partial charge is 0.0167 e. The van der Waals surface area contributed by atoms with Crippen LogP contribution in [0.4, 0.5) is 0 Å². The molecule has 0 amide bonds. The number of rotatable bonds is 5. The van der Waals surface area contributed by atoms with Gasteiger partial charge < -0.3 is 15.5 Å². The quantitative estimate of drug-likeness (QED) is 0.812. The summed E-state index contributed by atoms with van der Waals surface area (Å²) in [6.07, 6.45) is 7.90. The van der Waals surface area contributed by atoms with Gasteiger partial charge >= 0.3 is 0 Å². The topological polar surface area (TPSA) is 32.5 Å². The van der Waals surface area contributed by atoms with E-state index < -0.39 is 0 Å². The normalized spacial score (nSPS) is 32.2. The zero-order chi connectivity index (χ0) is 13.0. The highest BCUT2D eigenvalue weighted by Crippen LogP contribution is 2.29. The van der Waals surface area contributed by atoms with Gasteiger partial charge in [-0.15, -0.1) is 0 Å². The molecule has 18 heavy (non-hydrogen) atoms. The first-order chi connectivity index (χ1) is 8.70. The van der Waals surface area contributed by atoms with Gasteiger partial charge in [-0.05, 0) is 51.7 Å². The van der Waals surface area contributed by atoms with E-state index in [0.717, 1.165) is 18.5 Å². The number of piperidine rings is 2. The van der Waals surface area contributed by atoms with E-state index in [2.05, 4.69) is 23.8 Å². The molecule has 0 aromatic heterocycles. The highest BCUT2D eigenvalue weighted by atomic mass is 15.2. The van der Waals surface area contributed by atoms with E-state index in [-0.39, 0.29) is 0 Å². The summed E-state index contributed by atoms with van der Waals surface area (Å²) < 4.78 is 0. The molecule has 2 aliphatic rings. The van der Waals surface area contributed by atoms with Crippen LogP contribution in [0.3, 0.4) is 0 Å². The predicted molar refractivity (Wildman–Crippen MR) is 77.7 cm³/mol. The molecule has 3 heteroatoms. The second kappa shape index (κ2) is 6.88. The van der Waals surface area contributed by atoms with Crippen LogP contribution in [-0.4, -0.2) is 55.1 Å². The molecular weight excluding hydrogens is 222 g/mol. The fourth-order valence-corrected chi connectivity index (χ4v) is 3.78. The lowest BCUT2D eigenvalue weighted by atomic mass is 9.84. The monoisotopic (exact) mass is 253 g/mol. The molecule has 0 bridgehead atoms. The van der Waals surface area contributed by atoms with Crippen LogP contribution in [-0.2, 0) is 0 Å². The van der Waals surface area contributed by atoms with Crippen LogP contribution >= 0.6 is 0 Å². The Morgan fingerprint density at radius 3 is 2.89 bits per heavy atom. The van der Waals surface area contributed by atoms with Gasteiger partial charge in [-0.25, -0.2) is 0 Å². The van der Waals surface area contributed by atoms with E-state index in [4.69, 9.17) is 5.73 Å². The Balaban J connectivity index is 1.76. The van der Waals surface area contributed by atoms with E-state index in [1.165, 1.54) is 58.2 Å². The van der Waals surface area contributed by atoms with E-state index >= 15 is 0 Å². The summed E-state index contributed by atoms with van der Waals surface area (Å²) in [7, 11) is 2.31. The Morgan fingerprint density at radius 2 is 2.11 bits per heavy atom. The highest BCUT2D eigenvalue weighted by Gasteiger charge is 2.34. The van der Waals surface area contributed by atoms with E-state index in [0.29, 0.717) is 6.04 Å². The van der Waals surface area contributed by atoms with Crippen molar-refractivity contribution < 1.29 is 0 Å². The summed E-state index contributed by atoms with van der Waals surface area (Å²) in [5.74, 6) is 0.899. The van der Waals surface area contributed by atoms with E-state index in [1.54, 1.807) is 0 Å². The van der Waals surface area contributed by atoms with Crippen molar-refractivity contribution in [3.8, 4) is 0 Å². The molecule has 2 saturated heterocycles. The molecule has 0 aromatic carbocycles. The van der Waals surface area contributed by atoms with Gasteiger partial charge in [-0.2, -0.15) is 0 Å². The summed E-state index contributed by atoms with van der Waals surface area (Å²) in [4.78, 5) is 5.21. The molecular formula is C15H31N3. The molecule has 0 saturated carbocycles. The van der Waals surface area contributed by atoms with Crippen LogP contribution in [0.2, 0.25) is 0 Å². The van der Waals surface area contributed by atoms with Gasteiger partial charge in [-0.3, -0.25) is 0 Å². The molecule has 0 aromatic rings. The lowest BCUT2D eigenvalue weighted by Gasteiger charge is -2.46. The minimum Gasteiger partial charge on any atom is -0.327 e. The van der Waals surface area contributed by atoms with Crippen molar-refractivity contribution in [2.24, 2.45) is 11.7 Å². The van der Waals surface area contributed by atoms with Gasteiger partial charge in [-0.1, -0.05) is 19.8 Å². The summed E-state index contributed by atoms with van der Waals surface area (Å²) in [5, 5.41) is 0. The second-order valence-electron chi connectivity index (χ2n) is 6.40. The molecule has 3 nitrogen and oxygen atoms in total. The number of hydrogen-bond donors (Lipinski definition) is 1. The Hall–Kier alpha value is -0.120. The number of unbranched alkanes of at least 4 members (excludes halogenated alkanes) is 1. The molecule has 0 radical (unpaired) electrons. The Labute approximate surface area is 113 Å². The van der Waals surface area contributed by atoms with Crippen LogP contribution in [0.5, 0.6) is 0 Å². The van der Waals surface area contributed by atoms with Crippen LogP contribution in [0, 0.1) is 5.92 Å². The highest BCUT2D eigenvalue weighted by molar-refractivity contribution is 4.89. The van der Waals surface area contributed by atoms with Crippen molar-refractivity contribution in [1.82, 2.24) is 9.80 Å². The Kier molecular flexibility index (Phi) is 5.46. The van der Waals surface area contributed by atoms with Crippen LogP contribution < -0.4 is 5.73 Å². The van der Waals surface area contributed by atoms with Gasteiger partial charge in [0, 0.05) is 25.2 Å². The molecule has 0 aliphatic carbocycles. The third-order valence-electron chi connectivity index (χ3n) is 4.85. The summed E-state index contributed by atoms with van der Waals surface area (Å²) in [6.45, 7) is 7.21. The number of nitrogens with two attached hydrogens (primary N) is 1. The standard InChI is InChI=1S/C15H31N3/c1-3-4-7-14(16)12-18-10-8-15-13(11-18)6-5-9-17(15)2/h13-15H,3-12,16H2,1-2H3. The zero-order valence-electron chi connectivity index (χ0n) is 12.3. The second-order valence-corrected chi connectivity index (χ2v) is 6.40. The third-order valence-corrected chi connectivity index (χ3v) is 4.85. The minimum absolute atomic E-state index is 0.392. The molecule has 2 heterocycles. The maximum absolute atomic E-state index is 6.23. The molecule has 106 valence electrons. The third kappa shape index (κ3) is 3.69. The number of hydrogen-bond acceptors (Lipinski definition) is 3. The van der Waals surface area contributed by atoms with Gasteiger partial charge in [0.1, 0.15) is 0 Å². The van der Waals surface area contributed by atoms with E-state index in [1.807, 2.05) is 0 Å². The van der Waals surface area contributed by atoms with E-state index in [9.17, 15) is 0 Å². The SMILES string of the molecule is CCCCC(N)CN1CCC2C(CCCN2C)C1. The van der Waals surface area contributed by atoms with Crippen molar-refractivity contribution in [2.75, 3.05) is 33.2 Å². The molecule has 0 spiro atoms. The maximum Gasteiger partial charge on any atom is 0.0167 e. The van der Waals surface area contributed by atoms with Gasteiger partial charge in [0.05, 0.1) is 0 Å².